The van der Waals surface area contributed by atoms with Crippen molar-refractivity contribution in [2.45, 2.75) is 29.5 Å². The van der Waals surface area contributed by atoms with Gasteiger partial charge in [0.25, 0.3) is 0 Å². The Morgan fingerprint density at radius 3 is 2.67 bits per heavy atom. The van der Waals surface area contributed by atoms with Crippen LogP contribution in [0.25, 0.3) is 0 Å². The molecule has 2 rings (SSSR count). The molecule has 0 aromatic heterocycles. The summed E-state index contributed by atoms with van der Waals surface area (Å²) in [6, 6.07) is 10.5. The maximum atomic E-state index is 12.7. The van der Waals surface area contributed by atoms with E-state index >= 15 is 0 Å². The molecule has 5 N–H and O–H groups in total. The van der Waals surface area contributed by atoms with Crippen LogP contribution in [-0.2, 0) is 16.1 Å². The minimum absolute atomic E-state index is 0.0319. The van der Waals surface area contributed by atoms with Crippen molar-refractivity contribution in [3.8, 4) is 0 Å². The first-order valence-corrected chi connectivity index (χ1v) is 10.6. The minimum Gasteiger partial charge on any atom is -0.469 e. The van der Waals surface area contributed by atoms with E-state index in [0.717, 1.165) is 0 Å². The zero-order valence-electron chi connectivity index (χ0n) is 16.0. The SMILES string of the molecule is COC(=O)CC(NSCNc1c(N)cccc1CO)c1cccc(SC(F)(F)F)c1. The monoisotopic (exact) mass is 461 g/mol. The second-order valence-corrected chi connectivity index (χ2v) is 8.03. The van der Waals surface area contributed by atoms with Crippen LogP contribution in [0.15, 0.2) is 47.4 Å². The van der Waals surface area contributed by atoms with Gasteiger partial charge < -0.3 is 20.9 Å². The van der Waals surface area contributed by atoms with Crippen LogP contribution in [0.1, 0.15) is 23.6 Å². The summed E-state index contributed by atoms with van der Waals surface area (Å²) >= 11 is 1.00. The van der Waals surface area contributed by atoms with Gasteiger partial charge in [0, 0.05) is 10.5 Å². The maximum Gasteiger partial charge on any atom is 0.446 e. The molecule has 0 bridgehead atoms. The lowest BCUT2D eigenvalue weighted by Gasteiger charge is -2.19. The Kier molecular flexibility index (Phi) is 9.15. The van der Waals surface area contributed by atoms with Crippen LogP contribution in [0.3, 0.4) is 0 Å². The van der Waals surface area contributed by atoms with Crippen molar-refractivity contribution < 1.29 is 27.8 Å². The molecule has 6 nitrogen and oxygen atoms in total. The fourth-order valence-electron chi connectivity index (χ4n) is 2.62. The Morgan fingerprint density at radius 1 is 1.27 bits per heavy atom. The molecule has 0 radical (unpaired) electrons. The number of nitrogens with two attached hydrogens (primary N) is 1. The predicted octanol–water partition coefficient (Wildman–Crippen LogP) is 4.28. The summed E-state index contributed by atoms with van der Waals surface area (Å²) in [6.45, 7) is -0.180. The van der Waals surface area contributed by atoms with Gasteiger partial charge in [-0.3, -0.25) is 9.52 Å². The van der Waals surface area contributed by atoms with Crippen LogP contribution < -0.4 is 15.8 Å². The average molecular weight is 462 g/mol. The average Bonchev–Trinajstić information content (AvgIpc) is 2.69. The first kappa shape index (κ1) is 24.2. The third kappa shape index (κ3) is 7.63. The number of nitrogens with one attached hydrogen (secondary N) is 2. The highest BCUT2D eigenvalue weighted by Crippen LogP contribution is 2.38. The first-order chi connectivity index (χ1) is 14.2. The Morgan fingerprint density at radius 2 is 2.00 bits per heavy atom. The van der Waals surface area contributed by atoms with E-state index in [2.05, 4.69) is 10.0 Å². The summed E-state index contributed by atoms with van der Waals surface area (Å²) in [5, 5.41) is 12.5. The highest BCUT2D eigenvalue weighted by molar-refractivity contribution is 8.00. The Balaban J connectivity index is 2.06. The van der Waals surface area contributed by atoms with Gasteiger partial charge in [-0.25, -0.2) is 0 Å². The molecule has 11 heteroatoms. The molecule has 0 heterocycles. The summed E-state index contributed by atoms with van der Waals surface area (Å²) in [5.41, 5.74) is 3.76. The molecule has 164 valence electrons. The number of esters is 1. The lowest BCUT2D eigenvalue weighted by molar-refractivity contribution is -0.141. The molecule has 30 heavy (non-hydrogen) atoms. The predicted molar refractivity (Wildman–Crippen MR) is 114 cm³/mol. The van der Waals surface area contributed by atoms with E-state index in [1.165, 1.54) is 37.3 Å². The van der Waals surface area contributed by atoms with E-state index in [0.29, 0.717) is 28.4 Å². The summed E-state index contributed by atoms with van der Waals surface area (Å²) in [7, 11) is 1.25. The lowest BCUT2D eigenvalue weighted by Crippen LogP contribution is -2.21. The molecular formula is C19H22F3N3O3S2. The highest BCUT2D eigenvalue weighted by Gasteiger charge is 2.29. The number of thioether (sulfide) groups is 1. The number of hydrogen-bond acceptors (Lipinski definition) is 8. The van der Waals surface area contributed by atoms with Crippen LogP contribution in [-0.4, -0.2) is 29.6 Å². The molecule has 2 aromatic carbocycles. The molecule has 0 saturated carbocycles. The maximum absolute atomic E-state index is 12.7. The van der Waals surface area contributed by atoms with Crippen LogP contribution in [0.5, 0.6) is 0 Å². The molecule has 0 fully saturated rings. The Bertz CT molecular complexity index is 853. The number of benzene rings is 2. The number of aliphatic hydroxyl groups excluding tert-OH is 1. The number of methoxy groups -OCH3 is 1. The van der Waals surface area contributed by atoms with Crippen molar-refractivity contribution in [3.63, 3.8) is 0 Å². The molecule has 1 unspecified atom stereocenters. The summed E-state index contributed by atoms with van der Waals surface area (Å²) in [4.78, 5) is 11.8. The summed E-state index contributed by atoms with van der Waals surface area (Å²) in [6.07, 6.45) is -0.0565. The fraction of sp³-hybridized carbons (Fsp3) is 0.316. The highest BCUT2D eigenvalue weighted by atomic mass is 32.2. The molecule has 0 amide bonds. The molecule has 2 aromatic rings. The number of anilines is 2. The number of rotatable bonds is 10. The van der Waals surface area contributed by atoms with Crippen LogP contribution in [0.2, 0.25) is 0 Å². The fourth-order valence-corrected chi connectivity index (χ4v) is 3.95. The number of halogens is 3. The molecule has 0 aliphatic rings. The number of para-hydroxylation sites is 1. The number of hydrogen-bond donors (Lipinski definition) is 4. The largest absolute Gasteiger partial charge is 0.469 e. The van der Waals surface area contributed by atoms with Gasteiger partial charge in [0.05, 0.1) is 43.4 Å². The third-order valence-electron chi connectivity index (χ3n) is 3.99. The molecule has 0 aliphatic heterocycles. The third-order valence-corrected chi connectivity index (χ3v) is 5.45. The summed E-state index contributed by atoms with van der Waals surface area (Å²) in [5.74, 6) is -0.166. The first-order valence-electron chi connectivity index (χ1n) is 8.75. The van der Waals surface area contributed by atoms with Crippen molar-refractivity contribution >= 4 is 41.1 Å². The number of aliphatic hydroxyl groups is 1. The van der Waals surface area contributed by atoms with Crippen molar-refractivity contribution in [3.05, 3.63) is 53.6 Å². The van der Waals surface area contributed by atoms with Gasteiger partial charge >= 0.3 is 11.5 Å². The van der Waals surface area contributed by atoms with E-state index in [-0.39, 0.29) is 29.7 Å². The number of alkyl halides is 3. The van der Waals surface area contributed by atoms with Gasteiger partial charge in [-0.05, 0) is 35.5 Å². The summed E-state index contributed by atoms with van der Waals surface area (Å²) < 4.78 is 45.8. The van der Waals surface area contributed by atoms with E-state index < -0.39 is 17.5 Å². The standard InChI is InChI=1S/C19H22F3N3O3S2/c1-28-17(27)9-16(12-4-2-6-14(8-12)30-19(20,21)22)25-29-11-24-18-13(10-26)5-3-7-15(18)23/h2-8,16,24-26H,9-11,23H2,1H3. The van der Waals surface area contributed by atoms with Gasteiger partial charge in [0.2, 0.25) is 0 Å². The van der Waals surface area contributed by atoms with Crippen LogP contribution in [0, 0.1) is 0 Å². The topological polar surface area (TPSA) is 96.6 Å². The number of carbonyl (C=O) groups is 1. The minimum atomic E-state index is -4.40. The quantitative estimate of drug-likeness (QED) is 0.104. The van der Waals surface area contributed by atoms with Crippen molar-refractivity contribution in [1.29, 1.82) is 0 Å². The van der Waals surface area contributed by atoms with Gasteiger partial charge in [-0.1, -0.05) is 36.2 Å². The second-order valence-electron chi connectivity index (χ2n) is 6.08. The molecular weight excluding hydrogens is 439 g/mol. The van der Waals surface area contributed by atoms with E-state index in [1.807, 2.05) is 0 Å². The zero-order chi connectivity index (χ0) is 22.1. The number of carbonyl (C=O) groups excluding carboxylic acids is 1. The number of nitrogen functional groups attached to an aromatic ring is 1. The molecule has 1 atom stereocenters. The van der Waals surface area contributed by atoms with E-state index in [9.17, 15) is 23.1 Å². The van der Waals surface area contributed by atoms with E-state index in [1.54, 1.807) is 24.3 Å². The van der Waals surface area contributed by atoms with Crippen molar-refractivity contribution in [1.82, 2.24) is 4.72 Å². The van der Waals surface area contributed by atoms with Crippen LogP contribution in [0.4, 0.5) is 24.5 Å². The van der Waals surface area contributed by atoms with Crippen LogP contribution >= 0.6 is 23.7 Å². The molecule has 0 saturated heterocycles. The Labute approximate surface area is 180 Å². The van der Waals surface area contributed by atoms with Crippen molar-refractivity contribution in [2.75, 3.05) is 24.0 Å². The van der Waals surface area contributed by atoms with E-state index in [4.69, 9.17) is 10.5 Å². The van der Waals surface area contributed by atoms with Gasteiger partial charge in [0.1, 0.15) is 0 Å². The number of ether oxygens (including phenoxy) is 1. The van der Waals surface area contributed by atoms with Gasteiger partial charge in [-0.2, -0.15) is 13.2 Å². The molecule has 0 spiro atoms. The normalized spacial score (nSPS) is 12.4. The van der Waals surface area contributed by atoms with Gasteiger partial charge in [-0.15, -0.1) is 0 Å². The van der Waals surface area contributed by atoms with Crippen molar-refractivity contribution in [2.24, 2.45) is 0 Å². The Hall–Kier alpha value is -2.08. The van der Waals surface area contributed by atoms with Gasteiger partial charge in [0.15, 0.2) is 0 Å². The smallest absolute Gasteiger partial charge is 0.446 e. The lowest BCUT2D eigenvalue weighted by atomic mass is 10.1. The second kappa shape index (κ2) is 11.3. The zero-order valence-corrected chi connectivity index (χ0v) is 17.7. The molecule has 0 aliphatic carbocycles.